The molecule has 0 bridgehead atoms. The molecular formula is C28H29N3O2. The molecule has 1 N–H and O–H groups in total. The minimum atomic E-state index is -0.694. The Bertz CT molecular complexity index is 1100. The van der Waals surface area contributed by atoms with Crippen LogP contribution in [-0.4, -0.2) is 41.3 Å². The first-order valence-electron chi connectivity index (χ1n) is 11.4. The molecule has 1 aromatic heterocycles. The summed E-state index contributed by atoms with van der Waals surface area (Å²) in [5.41, 5.74) is 3.09. The number of carbonyl (C=O) groups excluding carboxylic acids is 2. The number of piperidine rings is 1. The number of aromatic nitrogens is 1. The number of nitrogens with one attached hydrogen (secondary N) is 1. The Labute approximate surface area is 195 Å². The third kappa shape index (κ3) is 5.20. The SMILES string of the molecule is C=CCNC(=O)[C@@]1(Cc2ccc(-c3ccccc3)cc2)CCCN(C(=O)c2ccccn2)C1. The van der Waals surface area contributed by atoms with E-state index in [2.05, 4.69) is 53.3 Å². The predicted molar refractivity (Wildman–Crippen MR) is 131 cm³/mol. The van der Waals surface area contributed by atoms with E-state index >= 15 is 0 Å². The van der Waals surface area contributed by atoms with Crippen LogP contribution in [0.1, 0.15) is 28.9 Å². The van der Waals surface area contributed by atoms with Crippen molar-refractivity contribution in [2.75, 3.05) is 19.6 Å². The summed E-state index contributed by atoms with van der Waals surface area (Å²) in [5.74, 6) is -0.163. The minimum Gasteiger partial charge on any atom is -0.352 e. The van der Waals surface area contributed by atoms with Gasteiger partial charge in [-0.2, -0.15) is 0 Å². The predicted octanol–water partition coefficient (Wildman–Crippen LogP) is 4.52. The van der Waals surface area contributed by atoms with Crippen LogP contribution in [-0.2, 0) is 11.2 Å². The van der Waals surface area contributed by atoms with Gasteiger partial charge in [0.05, 0.1) is 5.41 Å². The Kier molecular flexibility index (Phi) is 6.98. The maximum atomic E-state index is 13.4. The van der Waals surface area contributed by atoms with Gasteiger partial charge in [0.25, 0.3) is 5.91 Å². The lowest BCUT2D eigenvalue weighted by atomic mass is 9.74. The molecule has 0 unspecified atom stereocenters. The van der Waals surface area contributed by atoms with Crippen molar-refractivity contribution in [1.82, 2.24) is 15.2 Å². The Balaban J connectivity index is 1.58. The zero-order valence-corrected chi connectivity index (χ0v) is 18.7. The maximum Gasteiger partial charge on any atom is 0.272 e. The lowest BCUT2D eigenvalue weighted by Gasteiger charge is -2.41. The molecule has 0 saturated carbocycles. The first-order chi connectivity index (χ1) is 16.1. The largest absolute Gasteiger partial charge is 0.352 e. The van der Waals surface area contributed by atoms with Crippen molar-refractivity contribution in [2.45, 2.75) is 19.3 Å². The van der Waals surface area contributed by atoms with Crippen LogP contribution in [0.4, 0.5) is 0 Å². The molecule has 2 aromatic carbocycles. The smallest absolute Gasteiger partial charge is 0.272 e. The standard InChI is InChI=1S/C28H29N3O2/c1-2-17-30-27(33)28(16-8-19-31(21-28)26(32)25-11-6-7-18-29-25)20-22-12-14-24(15-13-22)23-9-4-3-5-10-23/h2-7,9-15,18H,1,8,16-17,19-21H2,(H,30,33)/t28-/m1/s1. The number of likely N-dealkylation sites (tertiary alicyclic amines) is 1. The Morgan fingerprint density at radius 1 is 1.00 bits per heavy atom. The fraction of sp³-hybridized carbons (Fsp3) is 0.250. The average molecular weight is 440 g/mol. The highest BCUT2D eigenvalue weighted by atomic mass is 16.2. The first-order valence-corrected chi connectivity index (χ1v) is 11.4. The second kappa shape index (κ2) is 10.3. The van der Waals surface area contributed by atoms with Crippen molar-refractivity contribution in [3.8, 4) is 11.1 Å². The van der Waals surface area contributed by atoms with Gasteiger partial charge in [0.15, 0.2) is 0 Å². The molecule has 4 rings (SSSR count). The van der Waals surface area contributed by atoms with E-state index in [1.54, 1.807) is 29.3 Å². The van der Waals surface area contributed by atoms with Crippen molar-refractivity contribution in [2.24, 2.45) is 5.41 Å². The highest BCUT2D eigenvalue weighted by Crippen LogP contribution is 2.35. The zero-order chi connectivity index (χ0) is 23.1. The summed E-state index contributed by atoms with van der Waals surface area (Å²) in [6.45, 7) is 5.11. The number of hydrogen-bond acceptors (Lipinski definition) is 3. The number of carbonyl (C=O) groups is 2. The second-order valence-electron chi connectivity index (χ2n) is 8.56. The van der Waals surface area contributed by atoms with Gasteiger partial charge in [-0.15, -0.1) is 6.58 Å². The molecular weight excluding hydrogens is 410 g/mol. The van der Waals surface area contributed by atoms with E-state index in [4.69, 9.17) is 0 Å². The molecule has 1 aliphatic heterocycles. The van der Waals surface area contributed by atoms with Gasteiger partial charge >= 0.3 is 0 Å². The number of hydrogen-bond donors (Lipinski definition) is 1. The maximum absolute atomic E-state index is 13.4. The molecule has 2 amide bonds. The van der Waals surface area contributed by atoms with Gasteiger partial charge in [0.2, 0.25) is 5.91 Å². The van der Waals surface area contributed by atoms with Gasteiger partial charge in [0.1, 0.15) is 5.69 Å². The van der Waals surface area contributed by atoms with Crippen molar-refractivity contribution in [3.63, 3.8) is 0 Å². The van der Waals surface area contributed by atoms with Crippen LogP contribution < -0.4 is 5.32 Å². The van der Waals surface area contributed by atoms with Crippen molar-refractivity contribution in [1.29, 1.82) is 0 Å². The molecule has 2 heterocycles. The highest BCUT2D eigenvalue weighted by molar-refractivity contribution is 5.93. The zero-order valence-electron chi connectivity index (χ0n) is 18.7. The number of benzene rings is 2. The summed E-state index contributed by atoms with van der Waals surface area (Å²) in [7, 11) is 0. The topological polar surface area (TPSA) is 62.3 Å². The molecule has 0 radical (unpaired) electrons. The molecule has 0 aliphatic carbocycles. The van der Waals surface area contributed by atoms with Crippen molar-refractivity contribution in [3.05, 3.63) is 103 Å². The Hall–Kier alpha value is -3.73. The van der Waals surface area contributed by atoms with Gasteiger partial charge in [0, 0.05) is 25.8 Å². The molecule has 1 fully saturated rings. The molecule has 1 atom stereocenters. The van der Waals surface area contributed by atoms with Gasteiger partial charge in [-0.25, -0.2) is 0 Å². The van der Waals surface area contributed by atoms with E-state index in [9.17, 15) is 9.59 Å². The highest BCUT2D eigenvalue weighted by Gasteiger charge is 2.43. The minimum absolute atomic E-state index is 0.0342. The van der Waals surface area contributed by atoms with Gasteiger partial charge < -0.3 is 10.2 Å². The second-order valence-corrected chi connectivity index (χ2v) is 8.56. The monoisotopic (exact) mass is 439 g/mol. The van der Waals surface area contributed by atoms with Crippen LogP contribution in [0.2, 0.25) is 0 Å². The van der Waals surface area contributed by atoms with E-state index in [-0.39, 0.29) is 11.8 Å². The van der Waals surface area contributed by atoms with Crippen LogP contribution >= 0.6 is 0 Å². The Morgan fingerprint density at radius 2 is 1.73 bits per heavy atom. The van der Waals surface area contributed by atoms with E-state index in [0.717, 1.165) is 29.5 Å². The summed E-state index contributed by atoms with van der Waals surface area (Å²) < 4.78 is 0. The Morgan fingerprint density at radius 3 is 2.42 bits per heavy atom. The fourth-order valence-corrected chi connectivity index (χ4v) is 4.56. The third-order valence-corrected chi connectivity index (χ3v) is 6.24. The number of nitrogens with zero attached hydrogens (tertiary/aromatic N) is 2. The number of rotatable bonds is 7. The van der Waals surface area contributed by atoms with Crippen LogP contribution in [0.3, 0.4) is 0 Å². The fourth-order valence-electron chi connectivity index (χ4n) is 4.56. The van der Waals surface area contributed by atoms with Gasteiger partial charge in [-0.3, -0.25) is 14.6 Å². The summed E-state index contributed by atoms with van der Waals surface area (Å²) in [6, 6.07) is 23.9. The first kappa shape index (κ1) is 22.5. The van der Waals surface area contributed by atoms with Gasteiger partial charge in [-0.05, 0) is 48.1 Å². The molecule has 5 heteroatoms. The van der Waals surface area contributed by atoms with Crippen LogP contribution in [0.25, 0.3) is 11.1 Å². The normalized spacial score (nSPS) is 17.9. The third-order valence-electron chi connectivity index (χ3n) is 6.24. The molecule has 168 valence electrons. The summed E-state index contributed by atoms with van der Waals surface area (Å²) >= 11 is 0. The van der Waals surface area contributed by atoms with E-state index < -0.39 is 5.41 Å². The van der Waals surface area contributed by atoms with E-state index in [1.165, 1.54) is 0 Å². The molecule has 3 aromatic rings. The number of pyridine rings is 1. The van der Waals surface area contributed by atoms with Crippen molar-refractivity contribution < 1.29 is 9.59 Å². The summed E-state index contributed by atoms with van der Waals surface area (Å²) in [6.07, 6.45) is 5.36. The van der Waals surface area contributed by atoms with Crippen molar-refractivity contribution >= 4 is 11.8 Å². The molecule has 5 nitrogen and oxygen atoms in total. The number of amides is 2. The summed E-state index contributed by atoms with van der Waals surface area (Å²) in [4.78, 5) is 32.4. The quantitative estimate of drug-likeness (QED) is 0.551. The molecule has 1 aliphatic rings. The lowest BCUT2D eigenvalue weighted by Crippen LogP contribution is -2.54. The van der Waals surface area contributed by atoms with Crippen LogP contribution in [0.5, 0.6) is 0 Å². The molecule has 0 spiro atoms. The van der Waals surface area contributed by atoms with Crippen LogP contribution in [0, 0.1) is 5.41 Å². The van der Waals surface area contributed by atoms with E-state index in [1.807, 2.05) is 24.3 Å². The molecule has 1 saturated heterocycles. The lowest BCUT2D eigenvalue weighted by molar-refractivity contribution is -0.133. The summed E-state index contributed by atoms with van der Waals surface area (Å²) in [5, 5.41) is 2.99. The molecule has 33 heavy (non-hydrogen) atoms. The average Bonchev–Trinajstić information content (AvgIpc) is 2.88. The van der Waals surface area contributed by atoms with E-state index in [0.29, 0.717) is 31.7 Å². The van der Waals surface area contributed by atoms with Crippen LogP contribution in [0.15, 0.2) is 91.6 Å². The van der Waals surface area contributed by atoms with Gasteiger partial charge in [-0.1, -0.05) is 66.7 Å².